The molecule has 0 aromatic carbocycles. The molecule has 0 atom stereocenters. The summed E-state index contributed by atoms with van der Waals surface area (Å²) in [7, 11) is 0. The summed E-state index contributed by atoms with van der Waals surface area (Å²) in [6.45, 7) is 2.25. The van der Waals surface area contributed by atoms with Gasteiger partial charge in [0.05, 0.1) is 5.70 Å². The molecule has 1 aromatic rings. The highest BCUT2D eigenvalue weighted by Gasteiger charge is 2.09. The van der Waals surface area contributed by atoms with E-state index >= 15 is 0 Å². The van der Waals surface area contributed by atoms with E-state index in [-0.39, 0.29) is 0 Å². The molecule has 0 amide bonds. The number of rotatable bonds is 7. The zero-order valence-corrected chi connectivity index (χ0v) is 11.2. The van der Waals surface area contributed by atoms with Gasteiger partial charge in [0, 0.05) is 23.7 Å². The molecule has 1 aromatic heterocycles. The maximum absolute atomic E-state index is 4.43. The average molecular weight is 242 g/mol. The highest BCUT2D eigenvalue weighted by Crippen LogP contribution is 2.26. The summed E-state index contributed by atoms with van der Waals surface area (Å²) in [6, 6.07) is 4.19. The lowest BCUT2D eigenvalue weighted by Gasteiger charge is -2.07. The normalized spacial score (nSPS) is 16.5. The summed E-state index contributed by atoms with van der Waals surface area (Å²) in [6.07, 6.45) is 15.6. The molecular weight excluding hydrogens is 220 g/mol. The molecule has 0 bridgehead atoms. The van der Waals surface area contributed by atoms with E-state index in [0.717, 1.165) is 12.1 Å². The number of aliphatic imine (C=N–C) groups is 1. The van der Waals surface area contributed by atoms with Gasteiger partial charge in [-0.1, -0.05) is 32.6 Å². The quantitative estimate of drug-likeness (QED) is 0.670. The zero-order valence-electron chi connectivity index (χ0n) is 11.2. The average Bonchev–Trinajstić information content (AvgIpc) is 3.06. The van der Waals surface area contributed by atoms with Crippen molar-refractivity contribution in [2.24, 2.45) is 4.99 Å². The second-order valence-electron chi connectivity index (χ2n) is 4.75. The van der Waals surface area contributed by atoms with E-state index in [4.69, 9.17) is 0 Å². The molecule has 2 nitrogen and oxygen atoms in total. The highest BCUT2D eigenvalue weighted by molar-refractivity contribution is 5.82. The summed E-state index contributed by atoms with van der Waals surface area (Å²) < 4.78 is 0. The van der Waals surface area contributed by atoms with Crippen LogP contribution in [-0.2, 0) is 0 Å². The third-order valence-corrected chi connectivity index (χ3v) is 3.32. The van der Waals surface area contributed by atoms with E-state index in [1.165, 1.54) is 43.4 Å². The number of H-pyrrole nitrogens is 1. The molecule has 0 radical (unpaired) electrons. The SMILES string of the molecule is CCCCCCC/C(=C1/C=CC=N1)c1ccc[nH]1. The molecule has 1 N–H and O–H groups in total. The predicted octanol–water partition coefficient (Wildman–Crippen LogP) is 4.73. The van der Waals surface area contributed by atoms with Crippen LogP contribution in [0.1, 0.15) is 51.1 Å². The fourth-order valence-corrected chi connectivity index (χ4v) is 2.30. The Morgan fingerprint density at radius 3 is 2.78 bits per heavy atom. The number of aromatic amines is 1. The first-order chi connectivity index (χ1) is 8.92. The van der Waals surface area contributed by atoms with Gasteiger partial charge in [0.2, 0.25) is 0 Å². The van der Waals surface area contributed by atoms with Crippen LogP contribution >= 0.6 is 0 Å². The molecular formula is C16H22N2. The molecule has 0 spiro atoms. The van der Waals surface area contributed by atoms with Crippen molar-refractivity contribution in [2.75, 3.05) is 0 Å². The number of hydrogen-bond acceptors (Lipinski definition) is 1. The molecule has 0 saturated carbocycles. The van der Waals surface area contributed by atoms with Crippen LogP contribution in [0.3, 0.4) is 0 Å². The fourth-order valence-electron chi connectivity index (χ4n) is 2.30. The van der Waals surface area contributed by atoms with Gasteiger partial charge in [-0.3, -0.25) is 4.99 Å². The van der Waals surface area contributed by atoms with Crippen LogP contribution in [0.15, 0.2) is 41.2 Å². The summed E-state index contributed by atoms with van der Waals surface area (Å²) in [4.78, 5) is 7.73. The van der Waals surface area contributed by atoms with Gasteiger partial charge < -0.3 is 4.98 Å². The van der Waals surface area contributed by atoms with Crippen molar-refractivity contribution in [3.05, 3.63) is 41.9 Å². The Balaban J connectivity index is 1.97. The molecule has 18 heavy (non-hydrogen) atoms. The number of aromatic nitrogens is 1. The molecule has 0 unspecified atom stereocenters. The van der Waals surface area contributed by atoms with Crippen molar-refractivity contribution in [3.8, 4) is 0 Å². The van der Waals surface area contributed by atoms with Gasteiger partial charge in [0.25, 0.3) is 0 Å². The maximum Gasteiger partial charge on any atom is 0.0682 e. The molecule has 0 aliphatic carbocycles. The monoisotopic (exact) mass is 242 g/mol. The minimum atomic E-state index is 1.11. The minimum Gasteiger partial charge on any atom is -0.361 e. The maximum atomic E-state index is 4.43. The molecule has 1 aliphatic heterocycles. The lowest BCUT2D eigenvalue weighted by atomic mass is 10.0. The summed E-state index contributed by atoms with van der Waals surface area (Å²) in [5.74, 6) is 0. The van der Waals surface area contributed by atoms with E-state index in [2.05, 4.69) is 35.1 Å². The second-order valence-corrected chi connectivity index (χ2v) is 4.75. The van der Waals surface area contributed by atoms with Crippen molar-refractivity contribution in [1.29, 1.82) is 0 Å². The molecule has 2 heterocycles. The smallest absolute Gasteiger partial charge is 0.0682 e. The Morgan fingerprint density at radius 2 is 2.11 bits per heavy atom. The lowest BCUT2D eigenvalue weighted by molar-refractivity contribution is 0.639. The Hall–Kier alpha value is -1.57. The molecule has 96 valence electrons. The number of hydrogen-bond donors (Lipinski definition) is 1. The van der Waals surface area contributed by atoms with Crippen molar-refractivity contribution < 1.29 is 0 Å². The third kappa shape index (κ3) is 3.46. The summed E-state index contributed by atoms with van der Waals surface area (Å²) >= 11 is 0. The van der Waals surface area contributed by atoms with Crippen LogP contribution < -0.4 is 0 Å². The van der Waals surface area contributed by atoms with Gasteiger partial charge in [0.15, 0.2) is 0 Å². The van der Waals surface area contributed by atoms with Gasteiger partial charge in [-0.2, -0.15) is 0 Å². The van der Waals surface area contributed by atoms with E-state index in [0.29, 0.717) is 0 Å². The Kier molecular flexibility index (Phi) is 5.00. The Morgan fingerprint density at radius 1 is 1.22 bits per heavy atom. The second kappa shape index (κ2) is 7.00. The fraction of sp³-hybridized carbons (Fsp3) is 0.438. The van der Waals surface area contributed by atoms with Crippen LogP contribution in [0.2, 0.25) is 0 Å². The van der Waals surface area contributed by atoms with Crippen LogP contribution in [0.5, 0.6) is 0 Å². The van der Waals surface area contributed by atoms with E-state index in [1.54, 1.807) is 0 Å². The minimum absolute atomic E-state index is 1.11. The molecule has 2 heteroatoms. The van der Waals surface area contributed by atoms with Crippen molar-refractivity contribution in [1.82, 2.24) is 4.98 Å². The van der Waals surface area contributed by atoms with E-state index in [9.17, 15) is 0 Å². The Labute approximate surface area is 110 Å². The largest absolute Gasteiger partial charge is 0.361 e. The third-order valence-electron chi connectivity index (χ3n) is 3.32. The van der Waals surface area contributed by atoms with Gasteiger partial charge >= 0.3 is 0 Å². The van der Waals surface area contributed by atoms with Crippen LogP contribution in [0.4, 0.5) is 0 Å². The molecule has 0 saturated heterocycles. The highest BCUT2D eigenvalue weighted by atomic mass is 14.8. The predicted molar refractivity (Wildman–Crippen MR) is 78.7 cm³/mol. The molecule has 0 fully saturated rings. The summed E-state index contributed by atoms with van der Waals surface area (Å²) in [5.41, 5.74) is 3.68. The van der Waals surface area contributed by atoms with Crippen molar-refractivity contribution in [2.45, 2.75) is 45.4 Å². The topological polar surface area (TPSA) is 28.1 Å². The van der Waals surface area contributed by atoms with Crippen LogP contribution in [0, 0.1) is 0 Å². The number of nitrogens with zero attached hydrogens (tertiary/aromatic N) is 1. The first-order valence-electron chi connectivity index (χ1n) is 6.99. The van der Waals surface area contributed by atoms with Crippen LogP contribution in [-0.4, -0.2) is 11.2 Å². The first kappa shape index (κ1) is 12.9. The Bertz CT molecular complexity index is 422. The zero-order chi connectivity index (χ0) is 12.6. The first-order valence-corrected chi connectivity index (χ1v) is 6.99. The number of nitrogens with one attached hydrogen (secondary N) is 1. The van der Waals surface area contributed by atoms with Crippen molar-refractivity contribution >= 4 is 11.8 Å². The van der Waals surface area contributed by atoms with Gasteiger partial charge in [-0.25, -0.2) is 0 Å². The van der Waals surface area contributed by atoms with Gasteiger partial charge in [-0.15, -0.1) is 0 Å². The van der Waals surface area contributed by atoms with Gasteiger partial charge in [-0.05, 0) is 37.1 Å². The number of unbranched alkanes of at least 4 members (excludes halogenated alkanes) is 4. The molecule has 2 rings (SSSR count). The van der Waals surface area contributed by atoms with E-state index < -0.39 is 0 Å². The number of allylic oxidation sites excluding steroid dienone is 3. The lowest BCUT2D eigenvalue weighted by Crippen LogP contribution is -1.90. The molecule has 1 aliphatic rings. The van der Waals surface area contributed by atoms with Crippen LogP contribution in [0.25, 0.3) is 5.57 Å². The van der Waals surface area contributed by atoms with E-state index in [1.807, 2.05) is 18.5 Å². The van der Waals surface area contributed by atoms with Crippen molar-refractivity contribution in [3.63, 3.8) is 0 Å². The standard InChI is InChI=1S/C16H22N2/c1-2-3-4-5-6-9-14(15-10-7-12-17-15)16-11-8-13-18-16/h7-8,10-13,17H,2-6,9H2,1H3/b16-14+. The van der Waals surface area contributed by atoms with Gasteiger partial charge in [0.1, 0.15) is 0 Å². The summed E-state index contributed by atoms with van der Waals surface area (Å²) in [5, 5.41) is 0.